The number of fused-ring (bicyclic) bond motifs is 1. The van der Waals surface area contributed by atoms with Crippen LogP contribution in [-0.4, -0.2) is 48.4 Å². The van der Waals surface area contributed by atoms with Crippen molar-refractivity contribution in [2.45, 2.75) is 44.9 Å². The summed E-state index contributed by atoms with van der Waals surface area (Å²) >= 11 is 0. The van der Waals surface area contributed by atoms with Gasteiger partial charge in [0, 0.05) is 12.0 Å². The van der Waals surface area contributed by atoms with Crippen molar-refractivity contribution >= 4 is 17.1 Å². The van der Waals surface area contributed by atoms with Crippen LogP contribution in [0.25, 0.3) is 16.9 Å². The first kappa shape index (κ1) is 18.6. The molecule has 4 N–H and O–H groups in total. The number of aromatic nitrogens is 5. The van der Waals surface area contributed by atoms with E-state index in [0.29, 0.717) is 23.7 Å². The van der Waals surface area contributed by atoms with Crippen LogP contribution >= 0.6 is 0 Å². The summed E-state index contributed by atoms with van der Waals surface area (Å²) in [5, 5.41) is 21.7. The zero-order chi connectivity index (χ0) is 19.7. The average molecular weight is 383 g/mol. The number of anilines is 1. The first-order valence-electron chi connectivity index (χ1n) is 9.53. The molecule has 3 unspecified atom stereocenters. The van der Waals surface area contributed by atoms with E-state index < -0.39 is 5.72 Å². The fraction of sp³-hybridized carbons (Fsp3) is 0.474. The Balaban J connectivity index is 1.55. The molecule has 3 aromatic rings. The minimum absolute atomic E-state index is 0.0600. The van der Waals surface area contributed by atoms with E-state index in [0.717, 1.165) is 30.7 Å². The van der Waals surface area contributed by atoms with Crippen LogP contribution < -0.4 is 15.8 Å². The zero-order valence-corrected chi connectivity index (χ0v) is 16.0. The lowest BCUT2D eigenvalue weighted by Gasteiger charge is -2.25. The second kappa shape index (κ2) is 7.33. The number of hydrogen-bond donors (Lipinski definition) is 3. The van der Waals surface area contributed by atoms with Crippen molar-refractivity contribution in [3.63, 3.8) is 0 Å². The Kier molecular flexibility index (Phi) is 4.86. The van der Waals surface area contributed by atoms with Gasteiger partial charge in [-0.1, -0.05) is 5.21 Å². The minimum Gasteiger partial charge on any atom is -0.494 e. The smallest absolute Gasteiger partial charge is 0.225 e. The summed E-state index contributed by atoms with van der Waals surface area (Å²) in [6.45, 7) is 4.23. The Morgan fingerprint density at radius 2 is 2.11 bits per heavy atom. The highest BCUT2D eigenvalue weighted by Gasteiger charge is 2.35. The number of aliphatic hydroxyl groups is 1. The molecule has 1 aliphatic carbocycles. The lowest BCUT2D eigenvalue weighted by Crippen LogP contribution is -2.43. The van der Waals surface area contributed by atoms with E-state index in [2.05, 4.69) is 25.6 Å². The summed E-state index contributed by atoms with van der Waals surface area (Å²) in [5.41, 5.74) is 6.77. The zero-order valence-electron chi connectivity index (χ0n) is 16.0. The van der Waals surface area contributed by atoms with Crippen molar-refractivity contribution in [2.24, 2.45) is 11.7 Å². The summed E-state index contributed by atoms with van der Waals surface area (Å²) in [6, 6.07) is 7.79. The van der Waals surface area contributed by atoms with Crippen molar-refractivity contribution in [3.05, 3.63) is 30.5 Å². The van der Waals surface area contributed by atoms with E-state index in [1.807, 2.05) is 31.2 Å². The van der Waals surface area contributed by atoms with E-state index in [1.165, 1.54) is 0 Å². The molecule has 3 atom stereocenters. The molecule has 0 amide bonds. The summed E-state index contributed by atoms with van der Waals surface area (Å²) in [4.78, 5) is 8.96. The van der Waals surface area contributed by atoms with Crippen LogP contribution in [0.3, 0.4) is 0 Å². The van der Waals surface area contributed by atoms with Crippen LogP contribution in [0.2, 0.25) is 0 Å². The molecule has 0 bridgehead atoms. The van der Waals surface area contributed by atoms with Gasteiger partial charge in [0.1, 0.15) is 11.5 Å². The van der Waals surface area contributed by atoms with Crippen molar-refractivity contribution < 1.29 is 9.84 Å². The van der Waals surface area contributed by atoms with Gasteiger partial charge in [-0.05, 0) is 57.4 Å². The highest BCUT2D eigenvalue weighted by Crippen LogP contribution is 2.33. The first-order valence-corrected chi connectivity index (χ1v) is 9.53. The van der Waals surface area contributed by atoms with Crippen molar-refractivity contribution in [1.82, 2.24) is 25.0 Å². The molecular formula is C19H25N7O2. The molecule has 0 spiro atoms. The highest BCUT2D eigenvalue weighted by molar-refractivity contribution is 5.72. The molecule has 2 aromatic heterocycles. The fourth-order valence-electron chi connectivity index (χ4n) is 3.65. The molecular weight excluding hydrogens is 358 g/mol. The summed E-state index contributed by atoms with van der Waals surface area (Å²) < 4.78 is 7.16. The quantitative estimate of drug-likeness (QED) is 0.551. The van der Waals surface area contributed by atoms with Crippen molar-refractivity contribution in [2.75, 3.05) is 11.9 Å². The lowest BCUT2D eigenvalue weighted by molar-refractivity contribution is 0.00742. The van der Waals surface area contributed by atoms with Gasteiger partial charge in [0.2, 0.25) is 5.95 Å². The molecule has 2 heterocycles. The number of rotatable bonds is 6. The van der Waals surface area contributed by atoms with Gasteiger partial charge < -0.3 is 20.9 Å². The van der Waals surface area contributed by atoms with E-state index in [4.69, 9.17) is 10.5 Å². The van der Waals surface area contributed by atoms with Gasteiger partial charge >= 0.3 is 0 Å². The van der Waals surface area contributed by atoms with Gasteiger partial charge in [-0.2, -0.15) is 9.67 Å². The van der Waals surface area contributed by atoms with Crippen molar-refractivity contribution in [3.8, 4) is 11.4 Å². The lowest BCUT2D eigenvalue weighted by atomic mass is 9.96. The molecule has 0 saturated heterocycles. The van der Waals surface area contributed by atoms with Crippen LogP contribution in [0.4, 0.5) is 5.95 Å². The van der Waals surface area contributed by atoms with E-state index in [-0.39, 0.29) is 12.0 Å². The Labute approximate surface area is 162 Å². The summed E-state index contributed by atoms with van der Waals surface area (Å²) in [5.74, 6) is 1.38. The van der Waals surface area contributed by atoms with Crippen LogP contribution in [0.15, 0.2) is 30.5 Å². The third kappa shape index (κ3) is 3.76. The Morgan fingerprint density at radius 3 is 2.79 bits per heavy atom. The van der Waals surface area contributed by atoms with Crippen LogP contribution in [0, 0.1) is 5.92 Å². The molecule has 1 aromatic carbocycles. The molecule has 9 nitrogen and oxygen atoms in total. The largest absolute Gasteiger partial charge is 0.494 e. The number of benzene rings is 1. The Bertz CT molecular complexity index is 949. The summed E-state index contributed by atoms with van der Waals surface area (Å²) in [6.07, 6.45) is 4.22. The fourth-order valence-corrected chi connectivity index (χ4v) is 3.65. The second-order valence-corrected chi connectivity index (χ2v) is 7.41. The monoisotopic (exact) mass is 383 g/mol. The van der Waals surface area contributed by atoms with E-state index in [9.17, 15) is 5.11 Å². The van der Waals surface area contributed by atoms with Gasteiger partial charge in [0.05, 0.1) is 18.5 Å². The Hall–Kier alpha value is -2.78. The van der Waals surface area contributed by atoms with Gasteiger partial charge in [0.15, 0.2) is 11.2 Å². The number of hydrogen-bond acceptors (Lipinski definition) is 8. The first-order chi connectivity index (χ1) is 13.4. The molecule has 1 fully saturated rings. The third-order valence-electron chi connectivity index (χ3n) is 5.18. The molecule has 4 rings (SSSR count). The van der Waals surface area contributed by atoms with Crippen molar-refractivity contribution in [1.29, 1.82) is 0 Å². The average Bonchev–Trinajstić information content (AvgIpc) is 3.29. The predicted molar refractivity (Wildman–Crippen MR) is 105 cm³/mol. The van der Waals surface area contributed by atoms with E-state index in [1.54, 1.807) is 17.8 Å². The third-order valence-corrected chi connectivity index (χ3v) is 5.18. The van der Waals surface area contributed by atoms with Gasteiger partial charge in [-0.15, -0.1) is 5.10 Å². The molecule has 28 heavy (non-hydrogen) atoms. The molecule has 1 saturated carbocycles. The maximum atomic E-state index is 10.0. The maximum Gasteiger partial charge on any atom is 0.225 e. The normalized spacial score (nSPS) is 21.6. The van der Waals surface area contributed by atoms with Crippen LogP contribution in [0.1, 0.15) is 33.1 Å². The number of nitrogens with two attached hydrogens (primary N) is 1. The highest BCUT2D eigenvalue weighted by atomic mass is 16.5. The van der Waals surface area contributed by atoms with Gasteiger partial charge in [-0.3, -0.25) is 0 Å². The SMILES string of the molecule is CCOc1ccc(-n2nnc3cnc(NC4CCC(C(C)(N)O)C4)nc32)cc1. The standard InChI is InChI=1S/C19H25N7O2/c1-3-28-15-8-6-14(7-9-15)26-17-16(24-25-26)11-21-18(23-17)22-13-5-4-12(10-13)19(2,20)27/h6-9,11-13,27H,3-5,10,20H2,1-2H3,(H,21,22,23). The molecule has 148 valence electrons. The maximum absolute atomic E-state index is 10.0. The minimum atomic E-state index is -1.16. The second-order valence-electron chi connectivity index (χ2n) is 7.41. The number of ether oxygens (including phenoxy) is 1. The summed E-state index contributed by atoms with van der Waals surface area (Å²) in [7, 11) is 0. The van der Waals surface area contributed by atoms with E-state index >= 15 is 0 Å². The number of nitrogens with one attached hydrogen (secondary N) is 1. The van der Waals surface area contributed by atoms with Crippen LogP contribution in [-0.2, 0) is 0 Å². The topological polar surface area (TPSA) is 124 Å². The number of nitrogens with zero attached hydrogens (tertiary/aromatic N) is 5. The van der Waals surface area contributed by atoms with Crippen LogP contribution in [0.5, 0.6) is 5.75 Å². The Morgan fingerprint density at radius 1 is 1.32 bits per heavy atom. The molecule has 1 aliphatic rings. The molecule has 9 heteroatoms. The van der Waals surface area contributed by atoms with Gasteiger partial charge in [0.25, 0.3) is 0 Å². The molecule has 0 aliphatic heterocycles. The predicted octanol–water partition coefficient (Wildman–Crippen LogP) is 1.86. The molecule has 0 radical (unpaired) electrons. The van der Waals surface area contributed by atoms with Gasteiger partial charge in [-0.25, -0.2) is 4.98 Å².